The molecular formula is C12H19NO4. The third-order valence-electron chi connectivity index (χ3n) is 1.90. The molecule has 0 atom stereocenters. The molecule has 0 amide bonds. The summed E-state index contributed by atoms with van der Waals surface area (Å²) in [4.78, 5) is 22.5. The van der Waals surface area contributed by atoms with E-state index in [1.165, 1.54) is 0 Å². The number of ether oxygens (including phenoxy) is 2. The fraction of sp³-hybridized carbons (Fsp3) is 0.750. The summed E-state index contributed by atoms with van der Waals surface area (Å²) in [7, 11) is 0. The standard InChI is InChI=1S/C12H19NO4/c1-4-9-16-10(14)5-6-11(15)17-12(2,3)7-8-13/h4-7,9H2,1-3H3. The van der Waals surface area contributed by atoms with Gasteiger partial charge in [0.15, 0.2) is 0 Å². The lowest BCUT2D eigenvalue weighted by molar-refractivity contribution is -0.159. The quantitative estimate of drug-likeness (QED) is 0.637. The summed E-state index contributed by atoms with van der Waals surface area (Å²) in [5.74, 6) is -0.888. The van der Waals surface area contributed by atoms with Gasteiger partial charge < -0.3 is 9.47 Å². The zero-order valence-electron chi connectivity index (χ0n) is 10.6. The first-order valence-electron chi connectivity index (χ1n) is 5.65. The molecule has 0 saturated carbocycles. The second-order valence-corrected chi connectivity index (χ2v) is 4.29. The highest BCUT2D eigenvalue weighted by Gasteiger charge is 2.22. The summed E-state index contributed by atoms with van der Waals surface area (Å²) in [6, 6.07) is 1.94. The van der Waals surface area contributed by atoms with Gasteiger partial charge >= 0.3 is 11.9 Å². The molecule has 0 N–H and O–H groups in total. The molecule has 17 heavy (non-hydrogen) atoms. The van der Waals surface area contributed by atoms with Gasteiger partial charge in [0.05, 0.1) is 31.9 Å². The maximum atomic E-state index is 11.4. The Labute approximate surface area is 102 Å². The van der Waals surface area contributed by atoms with Gasteiger partial charge in [0.1, 0.15) is 5.60 Å². The van der Waals surface area contributed by atoms with Crippen LogP contribution in [0, 0.1) is 11.3 Å². The highest BCUT2D eigenvalue weighted by molar-refractivity contribution is 5.77. The Morgan fingerprint density at radius 1 is 1.24 bits per heavy atom. The van der Waals surface area contributed by atoms with Crippen molar-refractivity contribution in [2.24, 2.45) is 0 Å². The number of nitrogens with zero attached hydrogens (tertiary/aromatic N) is 1. The van der Waals surface area contributed by atoms with E-state index in [2.05, 4.69) is 0 Å². The molecule has 0 unspecified atom stereocenters. The molecule has 0 aromatic rings. The Balaban J connectivity index is 3.88. The smallest absolute Gasteiger partial charge is 0.306 e. The molecule has 0 spiro atoms. The van der Waals surface area contributed by atoms with Gasteiger partial charge in [-0.3, -0.25) is 9.59 Å². The van der Waals surface area contributed by atoms with Crippen LogP contribution in [0.4, 0.5) is 0 Å². The lowest BCUT2D eigenvalue weighted by atomic mass is 10.1. The highest BCUT2D eigenvalue weighted by Crippen LogP contribution is 2.15. The molecule has 0 fully saturated rings. The van der Waals surface area contributed by atoms with Crippen molar-refractivity contribution < 1.29 is 19.1 Å². The first kappa shape index (κ1) is 15.4. The number of hydrogen-bond donors (Lipinski definition) is 0. The summed E-state index contributed by atoms with van der Waals surface area (Å²) in [5, 5.41) is 8.51. The molecule has 0 saturated heterocycles. The Hall–Kier alpha value is -1.57. The molecule has 0 heterocycles. The van der Waals surface area contributed by atoms with Crippen molar-refractivity contribution in [1.82, 2.24) is 0 Å². The zero-order valence-corrected chi connectivity index (χ0v) is 10.6. The summed E-state index contributed by atoms with van der Waals surface area (Å²) < 4.78 is 9.88. The van der Waals surface area contributed by atoms with Crippen LogP contribution >= 0.6 is 0 Å². The van der Waals surface area contributed by atoms with E-state index < -0.39 is 17.5 Å². The van der Waals surface area contributed by atoms with Crippen LogP contribution in [0.15, 0.2) is 0 Å². The normalized spacial score (nSPS) is 10.5. The van der Waals surface area contributed by atoms with Crippen molar-refractivity contribution in [1.29, 1.82) is 5.26 Å². The average molecular weight is 241 g/mol. The maximum Gasteiger partial charge on any atom is 0.306 e. The lowest BCUT2D eigenvalue weighted by Gasteiger charge is -2.21. The zero-order chi connectivity index (χ0) is 13.3. The summed E-state index contributed by atoms with van der Waals surface area (Å²) in [6.45, 7) is 5.58. The minimum absolute atomic E-state index is 0.0153. The van der Waals surface area contributed by atoms with Crippen molar-refractivity contribution >= 4 is 11.9 Å². The van der Waals surface area contributed by atoms with Gasteiger partial charge in [-0.2, -0.15) is 5.26 Å². The molecule has 0 rings (SSSR count). The Morgan fingerprint density at radius 3 is 2.35 bits per heavy atom. The fourth-order valence-electron chi connectivity index (χ4n) is 1.08. The Kier molecular flexibility index (Phi) is 6.95. The van der Waals surface area contributed by atoms with E-state index in [-0.39, 0.29) is 19.3 Å². The number of carbonyl (C=O) groups excluding carboxylic acids is 2. The second-order valence-electron chi connectivity index (χ2n) is 4.29. The molecule has 0 aliphatic carbocycles. The van der Waals surface area contributed by atoms with Gasteiger partial charge in [0.25, 0.3) is 0 Å². The van der Waals surface area contributed by atoms with E-state index in [0.29, 0.717) is 6.61 Å². The minimum Gasteiger partial charge on any atom is -0.466 e. The summed E-state index contributed by atoms with van der Waals surface area (Å²) in [6.07, 6.45) is 0.878. The summed E-state index contributed by atoms with van der Waals surface area (Å²) >= 11 is 0. The van der Waals surface area contributed by atoms with E-state index >= 15 is 0 Å². The van der Waals surface area contributed by atoms with Crippen molar-refractivity contribution in [2.75, 3.05) is 6.61 Å². The first-order chi connectivity index (χ1) is 7.91. The lowest BCUT2D eigenvalue weighted by Crippen LogP contribution is -2.27. The van der Waals surface area contributed by atoms with E-state index in [1.807, 2.05) is 13.0 Å². The van der Waals surface area contributed by atoms with Gasteiger partial charge in [0.2, 0.25) is 0 Å². The average Bonchev–Trinajstić information content (AvgIpc) is 2.22. The van der Waals surface area contributed by atoms with Crippen molar-refractivity contribution in [3.05, 3.63) is 0 Å². The van der Waals surface area contributed by atoms with E-state index in [0.717, 1.165) is 6.42 Å². The van der Waals surface area contributed by atoms with Gasteiger partial charge in [-0.15, -0.1) is 0 Å². The first-order valence-corrected chi connectivity index (χ1v) is 5.65. The van der Waals surface area contributed by atoms with Crippen molar-refractivity contribution in [2.45, 2.75) is 52.1 Å². The largest absolute Gasteiger partial charge is 0.466 e. The van der Waals surface area contributed by atoms with Crippen molar-refractivity contribution in [3.63, 3.8) is 0 Å². The van der Waals surface area contributed by atoms with Gasteiger partial charge in [-0.1, -0.05) is 6.92 Å². The molecule has 0 aromatic heterocycles. The predicted molar refractivity (Wildman–Crippen MR) is 60.9 cm³/mol. The van der Waals surface area contributed by atoms with Crippen LogP contribution in [0.1, 0.15) is 46.5 Å². The second kappa shape index (κ2) is 7.66. The monoisotopic (exact) mass is 241 g/mol. The number of rotatable bonds is 7. The summed E-state index contributed by atoms with van der Waals surface area (Å²) in [5.41, 5.74) is -0.806. The van der Waals surface area contributed by atoms with Gasteiger partial charge in [0, 0.05) is 0 Å². The molecule has 0 aliphatic rings. The van der Waals surface area contributed by atoms with Crippen LogP contribution in [0.3, 0.4) is 0 Å². The molecule has 96 valence electrons. The maximum absolute atomic E-state index is 11.4. The third kappa shape index (κ3) is 8.26. The number of carbonyl (C=O) groups is 2. The molecule has 5 nitrogen and oxygen atoms in total. The SMILES string of the molecule is CCCOC(=O)CCC(=O)OC(C)(C)CC#N. The molecule has 0 bridgehead atoms. The van der Waals surface area contributed by atoms with Crippen LogP contribution in [0.25, 0.3) is 0 Å². The van der Waals surface area contributed by atoms with Gasteiger partial charge in [-0.05, 0) is 20.3 Å². The molecule has 0 aliphatic heterocycles. The third-order valence-corrected chi connectivity index (χ3v) is 1.90. The molecular weight excluding hydrogens is 222 g/mol. The number of hydrogen-bond acceptors (Lipinski definition) is 5. The van der Waals surface area contributed by atoms with E-state index in [1.54, 1.807) is 13.8 Å². The van der Waals surface area contributed by atoms with E-state index in [9.17, 15) is 9.59 Å². The predicted octanol–water partition coefficient (Wildman–Crippen LogP) is 1.96. The topological polar surface area (TPSA) is 76.4 Å². The minimum atomic E-state index is -0.806. The Morgan fingerprint density at radius 2 is 1.82 bits per heavy atom. The van der Waals surface area contributed by atoms with Crippen LogP contribution in [0.2, 0.25) is 0 Å². The fourth-order valence-corrected chi connectivity index (χ4v) is 1.08. The van der Waals surface area contributed by atoms with Crippen molar-refractivity contribution in [3.8, 4) is 6.07 Å². The Bertz CT molecular complexity index is 304. The van der Waals surface area contributed by atoms with Crippen LogP contribution in [-0.2, 0) is 19.1 Å². The van der Waals surface area contributed by atoms with Crippen LogP contribution < -0.4 is 0 Å². The molecule has 5 heteroatoms. The molecule has 0 aromatic carbocycles. The number of nitriles is 1. The van der Waals surface area contributed by atoms with Gasteiger partial charge in [-0.25, -0.2) is 0 Å². The van der Waals surface area contributed by atoms with E-state index in [4.69, 9.17) is 14.7 Å². The molecule has 0 radical (unpaired) electrons. The highest BCUT2D eigenvalue weighted by atomic mass is 16.6. The van der Waals surface area contributed by atoms with Crippen LogP contribution in [-0.4, -0.2) is 24.1 Å². The number of esters is 2. The van der Waals surface area contributed by atoms with Crippen LogP contribution in [0.5, 0.6) is 0 Å².